The predicted octanol–water partition coefficient (Wildman–Crippen LogP) is 12.9. The molecule has 0 unspecified atom stereocenters. The summed E-state index contributed by atoms with van der Waals surface area (Å²) < 4.78 is 6.25. The zero-order valence-electron chi connectivity index (χ0n) is 30.3. The van der Waals surface area contributed by atoms with Crippen LogP contribution >= 0.6 is 0 Å². The van der Waals surface area contributed by atoms with Crippen LogP contribution in [0.1, 0.15) is 0 Å². The molecule has 11 aromatic rings. The van der Waals surface area contributed by atoms with Gasteiger partial charge in [-0.3, -0.25) is 9.97 Å². The van der Waals surface area contributed by atoms with E-state index in [1.807, 2.05) is 116 Å². The SMILES string of the molecule is [C-]#[N+]c1ccc(-c2cc3c4cccnc4c(-c4cccc(-c5nc(-c6ccccc6)nc(-c6ccc7c(c6)oc6ccccc67)n5)c4)cc3c3cccnc23)cc1. The maximum absolute atomic E-state index is 7.42. The topological polar surface area (TPSA) is 82.0 Å². The molecule has 0 aliphatic carbocycles. The third-order valence-electron chi connectivity index (χ3n) is 10.6. The third kappa shape index (κ3) is 5.47. The van der Waals surface area contributed by atoms with Crippen molar-refractivity contribution < 1.29 is 4.42 Å². The Morgan fingerprint density at radius 3 is 1.63 bits per heavy atom. The molecule has 264 valence electrons. The second-order valence-corrected chi connectivity index (χ2v) is 14.0. The zero-order valence-corrected chi connectivity index (χ0v) is 30.3. The predicted molar refractivity (Wildman–Crippen MR) is 229 cm³/mol. The quantitative estimate of drug-likeness (QED) is 0.130. The van der Waals surface area contributed by atoms with Crippen LogP contribution in [0.15, 0.2) is 175 Å². The highest BCUT2D eigenvalue weighted by Crippen LogP contribution is 2.41. The number of rotatable bonds is 5. The lowest BCUT2D eigenvalue weighted by Gasteiger charge is -2.15. The number of fused-ring (bicyclic) bond motifs is 8. The first-order valence-electron chi connectivity index (χ1n) is 18.6. The van der Waals surface area contributed by atoms with Crippen LogP contribution < -0.4 is 0 Å². The molecule has 0 aliphatic rings. The Kier molecular flexibility index (Phi) is 7.41. The molecule has 57 heavy (non-hydrogen) atoms. The molecule has 7 aromatic carbocycles. The largest absolute Gasteiger partial charge is 0.456 e. The molecular weight excluding hydrogens is 701 g/mol. The van der Waals surface area contributed by atoms with Gasteiger partial charge in [-0.25, -0.2) is 19.8 Å². The van der Waals surface area contributed by atoms with Gasteiger partial charge in [0.2, 0.25) is 0 Å². The van der Waals surface area contributed by atoms with Gasteiger partial charge in [0.05, 0.1) is 17.6 Å². The lowest BCUT2D eigenvalue weighted by molar-refractivity contribution is 0.669. The number of para-hydroxylation sites is 1. The number of benzene rings is 7. The number of hydrogen-bond acceptors (Lipinski definition) is 6. The van der Waals surface area contributed by atoms with E-state index in [4.69, 9.17) is 35.9 Å². The molecule has 4 heterocycles. The highest BCUT2D eigenvalue weighted by atomic mass is 16.3. The van der Waals surface area contributed by atoms with Crippen molar-refractivity contribution in [2.45, 2.75) is 0 Å². The first-order valence-corrected chi connectivity index (χ1v) is 18.6. The van der Waals surface area contributed by atoms with E-state index in [9.17, 15) is 0 Å². The van der Waals surface area contributed by atoms with Crippen LogP contribution in [0, 0.1) is 6.57 Å². The second-order valence-electron chi connectivity index (χ2n) is 14.0. The summed E-state index contributed by atoms with van der Waals surface area (Å²) in [5.74, 6) is 1.71. The van der Waals surface area contributed by atoms with Gasteiger partial charge in [0.25, 0.3) is 0 Å². The van der Waals surface area contributed by atoms with Crippen molar-refractivity contribution in [1.82, 2.24) is 24.9 Å². The Balaban J connectivity index is 1.09. The van der Waals surface area contributed by atoms with E-state index >= 15 is 0 Å². The molecule has 0 N–H and O–H groups in total. The van der Waals surface area contributed by atoms with Crippen molar-refractivity contribution >= 4 is 60.2 Å². The lowest BCUT2D eigenvalue weighted by atomic mass is 9.90. The van der Waals surface area contributed by atoms with Gasteiger partial charge in [0.15, 0.2) is 23.2 Å². The molecule has 0 radical (unpaired) electrons. The molecule has 0 saturated carbocycles. The molecule has 0 saturated heterocycles. The standard InChI is InChI=1S/C50H28N6O/c1-51-35-21-18-30(19-22-35)40-28-42-39-16-9-25-53-47(39)41(29-43(42)38-15-8-24-52-46(38)40)32-12-7-13-33(26-32)49-54-48(31-10-3-2-4-11-31)55-50(56-49)34-20-23-37-36-14-5-6-17-44(36)57-45(37)27-34/h2-29H. The van der Waals surface area contributed by atoms with Gasteiger partial charge >= 0.3 is 0 Å². The summed E-state index contributed by atoms with van der Waals surface area (Å²) in [7, 11) is 0. The van der Waals surface area contributed by atoms with Crippen LogP contribution in [0.2, 0.25) is 0 Å². The molecule has 4 aromatic heterocycles. The molecule has 0 spiro atoms. The van der Waals surface area contributed by atoms with Crippen LogP contribution in [0.4, 0.5) is 5.69 Å². The first-order chi connectivity index (χ1) is 28.2. The van der Waals surface area contributed by atoms with E-state index in [0.717, 1.165) is 93.5 Å². The number of hydrogen-bond donors (Lipinski definition) is 0. The van der Waals surface area contributed by atoms with Gasteiger partial charge in [-0.2, -0.15) is 0 Å². The summed E-state index contributed by atoms with van der Waals surface area (Å²) in [6, 6.07) is 52.9. The smallest absolute Gasteiger partial charge is 0.187 e. The van der Waals surface area contributed by atoms with Crippen LogP contribution in [0.25, 0.3) is 116 Å². The third-order valence-corrected chi connectivity index (χ3v) is 10.6. The number of nitrogens with zero attached hydrogens (tertiary/aromatic N) is 6. The minimum atomic E-state index is 0.558. The van der Waals surface area contributed by atoms with Gasteiger partial charge < -0.3 is 4.42 Å². The van der Waals surface area contributed by atoms with Crippen molar-refractivity contribution in [1.29, 1.82) is 0 Å². The molecule has 0 amide bonds. The van der Waals surface area contributed by atoms with Crippen molar-refractivity contribution in [2.75, 3.05) is 0 Å². The molecular formula is C50H28N6O. The number of pyridine rings is 2. The van der Waals surface area contributed by atoms with E-state index in [1.54, 1.807) is 0 Å². The molecule has 0 bridgehead atoms. The molecule has 0 atom stereocenters. The van der Waals surface area contributed by atoms with E-state index in [-0.39, 0.29) is 0 Å². The molecule has 11 rings (SSSR count). The fourth-order valence-corrected chi connectivity index (χ4v) is 7.90. The van der Waals surface area contributed by atoms with Crippen LogP contribution in [-0.2, 0) is 0 Å². The van der Waals surface area contributed by atoms with Gasteiger partial charge in [-0.1, -0.05) is 109 Å². The minimum Gasteiger partial charge on any atom is -0.456 e. The van der Waals surface area contributed by atoms with Gasteiger partial charge in [-0.15, -0.1) is 0 Å². The van der Waals surface area contributed by atoms with Crippen LogP contribution in [0.5, 0.6) is 0 Å². The van der Waals surface area contributed by atoms with Gasteiger partial charge in [0.1, 0.15) is 11.2 Å². The first kappa shape index (κ1) is 32.4. The fraction of sp³-hybridized carbons (Fsp3) is 0. The highest BCUT2D eigenvalue weighted by Gasteiger charge is 2.18. The molecule has 7 nitrogen and oxygen atoms in total. The average Bonchev–Trinajstić information content (AvgIpc) is 3.67. The van der Waals surface area contributed by atoms with E-state index < -0.39 is 0 Å². The fourth-order valence-electron chi connectivity index (χ4n) is 7.90. The molecule has 0 aliphatic heterocycles. The Morgan fingerprint density at radius 1 is 0.386 bits per heavy atom. The maximum atomic E-state index is 7.42. The summed E-state index contributed by atoms with van der Waals surface area (Å²) in [6.07, 6.45) is 3.68. The minimum absolute atomic E-state index is 0.558. The van der Waals surface area contributed by atoms with Gasteiger partial charge in [-0.05, 0) is 70.4 Å². The maximum Gasteiger partial charge on any atom is 0.187 e. The Bertz CT molecular complexity index is 3420. The van der Waals surface area contributed by atoms with Crippen LogP contribution in [0.3, 0.4) is 0 Å². The van der Waals surface area contributed by atoms with E-state index in [2.05, 4.69) is 59.4 Å². The monoisotopic (exact) mass is 728 g/mol. The normalized spacial score (nSPS) is 11.5. The van der Waals surface area contributed by atoms with E-state index in [1.165, 1.54) is 0 Å². The highest BCUT2D eigenvalue weighted by molar-refractivity contribution is 6.22. The second kappa shape index (κ2) is 13.0. The Hall–Kier alpha value is -8.08. The van der Waals surface area contributed by atoms with Crippen LogP contribution in [-0.4, -0.2) is 24.9 Å². The van der Waals surface area contributed by atoms with Crippen molar-refractivity contribution in [2.24, 2.45) is 0 Å². The average molecular weight is 729 g/mol. The number of aromatic nitrogens is 5. The zero-order chi connectivity index (χ0) is 37.9. The molecule has 7 heteroatoms. The van der Waals surface area contributed by atoms with Crippen molar-refractivity contribution in [3.8, 4) is 56.4 Å². The summed E-state index contributed by atoms with van der Waals surface area (Å²) >= 11 is 0. The summed E-state index contributed by atoms with van der Waals surface area (Å²) in [4.78, 5) is 28.6. The Morgan fingerprint density at radius 2 is 0.930 bits per heavy atom. The Labute approximate surface area is 326 Å². The summed E-state index contributed by atoms with van der Waals surface area (Å²) in [5, 5.41) is 6.36. The van der Waals surface area contributed by atoms with Gasteiger partial charge in [0, 0.05) is 61.8 Å². The lowest BCUT2D eigenvalue weighted by Crippen LogP contribution is -2.00. The molecule has 0 fully saturated rings. The van der Waals surface area contributed by atoms with Crippen molar-refractivity contribution in [3.05, 3.63) is 182 Å². The summed E-state index contributed by atoms with van der Waals surface area (Å²) in [6.45, 7) is 7.42. The van der Waals surface area contributed by atoms with Crippen molar-refractivity contribution in [3.63, 3.8) is 0 Å². The van der Waals surface area contributed by atoms with E-state index in [0.29, 0.717) is 23.2 Å². The summed E-state index contributed by atoms with van der Waals surface area (Å²) in [5.41, 5.74) is 10.6. The number of furan rings is 1.